The van der Waals surface area contributed by atoms with Crippen molar-refractivity contribution >= 4 is 46.8 Å². The lowest BCUT2D eigenvalue weighted by Gasteiger charge is -2.45. The number of piperidine rings is 1. The third-order valence-corrected chi connectivity index (χ3v) is 8.69. The smallest absolute Gasteiger partial charge is 0.306 e. The van der Waals surface area contributed by atoms with Crippen molar-refractivity contribution in [3.8, 4) is 0 Å². The third-order valence-electron chi connectivity index (χ3n) is 6.87. The Morgan fingerprint density at radius 2 is 1.83 bits per heavy atom. The van der Waals surface area contributed by atoms with Gasteiger partial charge >= 0.3 is 5.97 Å². The fourth-order valence-corrected chi connectivity index (χ4v) is 6.75. The van der Waals surface area contributed by atoms with Crippen molar-refractivity contribution in [3.63, 3.8) is 0 Å². The van der Waals surface area contributed by atoms with Crippen LogP contribution in [0.1, 0.15) is 69.3 Å². The summed E-state index contributed by atoms with van der Waals surface area (Å²) in [5, 5.41) is 5.41. The van der Waals surface area contributed by atoms with Gasteiger partial charge < -0.3 is 10.1 Å². The van der Waals surface area contributed by atoms with Crippen LogP contribution >= 0.6 is 35.0 Å². The molecule has 4 nitrogen and oxygen atoms in total. The average Bonchev–Trinajstić information content (AvgIpc) is 2.80. The van der Waals surface area contributed by atoms with Crippen LogP contribution in [-0.4, -0.2) is 30.3 Å². The van der Waals surface area contributed by atoms with E-state index in [0.29, 0.717) is 16.7 Å². The minimum absolute atomic E-state index is 0.0194. The Morgan fingerprint density at radius 1 is 1.14 bits per heavy atom. The minimum Gasteiger partial charge on any atom is -0.469 e. The van der Waals surface area contributed by atoms with Gasteiger partial charge in [-0.25, -0.2) is 0 Å². The number of nitrogens with one attached hydrogen (secondary N) is 1. The highest BCUT2D eigenvalue weighted by atomic mass is 35.5. The highest BCUT2D eigenvalue weighted by Gasteiger charge is 2.47. The van der Waals surface area contributed by atoms with Crippen LogP contribution in [0.15, 0.2) is 48.5 Å². The second-order valence-electron chi connectivity index (χ2n) is 10.1. The number of halogens is 2. The van der Waals surface area contributed by atoms with Gasteiger partial charge in [0.25, 0.3) is 0 Å². The number of methoxy groups -OCH3 is 1. The molecule has 1 heterocycles. The molecule has 3 rings (SSSR count). The molecule has 0 radical (unpaired) electrons. The summed E-state index contributed by atoms with van der Waals surface area (Å²) in [6.07, 6.45) is 1.48. The highest BCUT2D eigenvalue weighted by Crippen LogP contribution is 2.46. The molecule has 1 fully saturated rings. The first kappa shape index (κ1) is 27.9. The Morgan fingerprint density at radius 3 is 2.43 bits per heavy atom. The fourth-order valence-electron chi connectivity index (χ4n) is 5.04. The fraction of sp³-hybridized carbons (Fsp3) is 0.500. The maximum Gasteiger partial charge on any atom is 0.306 e. The molecule has 1 aliphatic heterocycles. The number of hydrogen-bond donors (Lipinski definition) is 1. The van der Waals surface area contributed by atoms with Crippen molar-refractivity contribution in [3.05, 3.63) is 69.7 Å². The zero-order valence-electron chi connectivity index (χ0n) is 21.0. The lowest BCUT2D eigenvalue weighted by atomic mass is 9.67. The quantitative estimate of drug-likeness (QED) is 0.339. The second kappa shape index (κ2) is 12.0. The number of esters is 1. The first-order chi connectivity index (χ1) is 16.5. The van der Waals surface area contributed by atoms with Crippen LogP contribution in [0.2, 0.25) is 10.0 Å². The van der Waals surface area contributed by atoms with Gasteiger partial charge in [0.1, 0.15) is 0 Å². The molecule has 0 aliphatic carbocycles. The van der Waals surface area contributed by atoms with E-state index >= 15 is 0 Å². The molecule has 7 heteroatoms. The van der Waals surface area contributed by atoms with E-state index in [1.54, 1.807) is 0 Å². The first-order valence-electron chi connectivity index (χ1n) is 12.1. The number of benzene rings is 2. The van der Waals surface area contributed by atoms with Crippen LogP contribution in [-0.2, 0) is 14.3 Å². The predicted octanol–water partition coefficient (Wildman–Crippen LogP) is 7.44. The van der Waals surface area contributed by atoms with Gasteiger partial charge in [-0.3, -0.25) is 9.59 Å². The molecule has 190 valence electrons. The molecule has 1 N–H and O–H groups in total. The summed E-state index contributed by atoms with van der Waals surface area (Å²) in [7, 11) is 1.36. The van der Waals surface area contributed by atoms with Crippen LogP contribution in [0.4, 0.5) is 0 Å². The number of amides is 1. The summed E-state index contributed by atoms with van der Waals surface area (Å²) in [5.41, 5.74) is 1.46. The summed E-state index contributed by atoms with van der Waals surface area (Å²) >= 11 is 14.4. The molecule has 0 saturated carbocycles. The van der Waals surface area contributed by atoms with E-state index in [2.05, 4.69) is 44.3 Å². The summed E-state index contributed by atoms with van der Waals surface area (Å²) in [6, 6.07) is 15.8. The number of rotatable bonds is 9. The molecule has 5 atom stereocenters. The van der Waals surface area contributed by atoms with Gasteiger partial charge in [0.2, 0.25) is 5.91 Å². The largest absolute Gasteiger partial charge is 0.469 e. The molecule has 2 aromatic carbocycles. The van der Waals surface area contributed by atoms with E-state index in [-0.39, 0.29) is 41.4 Å². The van der Waals surface area contributed by atoms with E-state index < -0.39 is 5.41 Å². The van der Waals surface area contributed by atoms with Crippen molar-refractivity contribution in [1.29, 1.82) is 0 Å². The number of carbonyl (C=O) groups is 2. The van der Waals surface area contributed by atoms with Crippen molar-refractivity contribution < 1.29 is 14.3 Å². The molecule has 0 spiro atoms. The van der Waals surface area contributed by atoms with Gasteiger partial charge in [0.15, 0.2) is 0 Å². The average molecular weight is 537 g/mol. The van der Waals surface area contributed by atoms with Crippen LogP contribution < -0.4 is 5.32 Å². The maximum atomic E-state index is 13.3. The van der Waals surface area contributed by atoms with E-state index in [0.717, 1.165) is 17.0 Å². The molecule has 2 aromatic rings. The van der Waals surface area contributed by atoms with E-state index in [9.17, 15) is 9.59 Å². The molecule has 0 aromatic heterocycles. The maximum absolute atomic E-state index is 13.3. The Balaban J connectivity index is 1.92. The van der Waals surface area contributed by atoms with Crippen LogP contribution in [0.25, 0.3) is 0 Å². The Bertz CT molecular complexity index is 1030. The lowest BCUT2D eigenvalue weighted by Crippen LogP contribution is -2.56. The Kier molecular flexibility index (Phi) is 9.59. The summed E-state index contributed by atoms with van der Waals surface area (Å²) in [4.78, 5) is 25.5. The van der Waals surface area contributed by atoms with Crippen LogP contribution in [0, 0.1) is 11.3 Å². The highest BCUT2D eigenvalue weighted by molar-refractivity contribution is 8.00. The zero-order chi connectivity index (χ0) is 25.8. The molecule has 1 aliphatic rings. The van der Waals surface area contributed by atoms with Gasteiger partial charge in [0.05, 0.1) is 18.9 Å². The van der Waals surface area contributed by atoms with E-state index in [1.165, 1.54) is 12.7 Å². The van der Waals surface area contributed by atoms with Crippen molar-refractivity contribution in [2.24, 2.45) is 11.3 Å². The van der Waals surface area contributed by atoms with Gasteiger partial charge in [-0.1, -0.05) is 75.2 Å². The number of carbonyl (C=O) groups excluding carboxylic acids is 2. The Labute approximate surface area is 223 Å². The normalized spacial score (nSPS) is 24.1. The SMILES string of the molecule is COC(=O)C[C@]1(C)C[C@H](c2cccc(Cl)c2)[C@H](C(C)C[C@H](SC(C)C)c2ccc(Cl)cc2)NC1=O. The number of thioether (sulfide) groups is 1. The van der Waals surface area contributed by atoms with E-state index in [4.69, 9.17) is 27.9 Å². The second-order valence-corrected chi connectivity index (χ2v) is 12.8. The van der Waals surface area contributed by atoms with Gasteiger partial charge in [-0.15, -0.1) is 0 Å². The monoisotopic (exact) mass is 535 g/mol. The van der Waals surface area contributed by atoms with Crippen molar-refractivity contribution in [2.75, 3.05) is 7.11 Å². The molecule has 1 unspecified atom stereocenters. The summed E-state index contributed by atoms with van der Waals surface area (Å²) in [6.45, 7) is 8.46. The van der Waals surface area contributed by atoms with Gasteiger partial charge in [-0.05, 0) is 59.4 Å². The first-order valence-corrected chi connectivity index (χ1v) is 13.8. The lowest BCUT2D eigenvalue weighted by molar-refractivity contribution is -0.150. The molecule has 0 bridgehead atoms. The number of hydrogen-bond acceptors (Lipinski definition) is 4. The van der Waals surface area contributed by atoms with Gasteiger partial charge in [0, 0.05) is 27.3 Å². The Hall–Kier alpha value is -1.69. The topological polar surface area (TPSA) is 55.4 Å². The van der Waals surface area contributed by atoms with Crippen molar-refractivity contribution in [1.82, 2.24) is 5.32 Å². The standard InChI is InChI=1S/C28H35Cl2NO3S/c1-17(2)35-24(19-9-11-21(29)12-10-19)13-18(3)26-23(20-7-6-8-22(30)14-20)15-28(4,27(33)31-26)16-25(32)34-5/h6-12,14,17-18,23-24,26H,13,15-16H2,1-5H3,(H,31,33)/t18?,23-,24+,26+,28+/m1/s1. The van der Waals surface area contributed by atoms with E-state index in [1.807, 2.05) is 49.0 Å². The molecular formula is C28H35Cl2NO3S. The minimum atomic E-state index is -0.849. The zero-order valence-corrected chi connectivity index (χ0v) is 23.3. The molecule has 1 saturated heterocycles. The third kappa shape index (κ3) is 7.18. The van der Waals surface area contributed by atoms with Gasteiger partial charge in [-0.2, -0.15) is 11.8 Å². The van der Waals surface area contributed by atoms with Crippen LogP contribution in [0.5, 0.6) is 0 Å². The van der Waals surface area contributed by atoms with Crippen molar-refractivity contribution in [2.45, 2.75) is 69.4 Å². The number of ether oxygens (including phenoxy) is 1. The molecule has 35 heavy (non-hydrogen) atoms. The predicted molar refractivity (Wildman–Crippen MR) is 146 cm³/mol. The molecule has 1 amide bonds. The molecular weight excluding hydrogens is 501 g/mol. The summed E-state index contributed by atoms with van der Waals surface area (Å²) in [5.74, 6) is -0.281. The summed E-state index contributed by atoms with van der Waals surface area (Å²) < 4.78 is 4.90. The van der Waals surface area contributed by atoms with Crippen LogP contribution in [0.3, 0.4) is 0 Å².